The molecule has 1 aromatic carbocycles. The molecule has 2 aliphatic rings. The van der Waals surface area contributed by atoms with Gasteiger partial charge in [0.1, 0.15) is 0 Å². The largest absolute Gasteiger partial charge is 0.490 e. The molecular formula is C19H28N2O4. The molecule has 6 nitrogen and oxygen atoms in total. The first-order valence-corrected chi connectivity index (χ1v) is 9.37. The van der Waals surface area contributed by atoms with Crippen LogP contribution in [0.2, 0.25) is 0 Å². The van der Waals surface area contributed by atoms with Crippen molar-refractivity contribution in [1.29, 1.82) is 0 Å². The molecule has 2 N–H and O–H groups in total. The average molecular weight is 348 g/mol. The molecule has 1 aliphatic heterocycles. The highest BCUT2D eigenvalue weighted by Crippen LogP contribution is 2.32. The molecule has 1 aliphatic carbocycles. The first kappa shape index (κ1) is 17.9. The van der Waals surface area contributed by atoms with Gasteiger partial charge in [-0.1, -0.05) is 19.3 Å². The molecule has 138 valence electrons. The van der Waals surface area contributed by atoms with E-state index < -0.39 is 0 Å². The molecule has 3 rings (SSSR count). The van der Waals surface area contributed by atoms with E-state index in [1.165, 1.54) is 32.1 Å². The summed E-state index contributed by atoms with van der Waals surface area (Å²) in [6.45, 7) is 2.59. The highest BCUT2D eigenvalue weighted by atomic mass is 16.5. The molecule has 25 heavy (non-hydrogen) atoms. The molecule has 6 heteroatoms. The second-order valence-corrected chi connectivity index (χ2v) is 6.58. The lowest BCUT2D eigenvalue weighted by Gasteiger charge is -2.21. The van der Waals surface area contributed by atoms with Crippen molar-refractivity contribution in [2.45, 2.75) is 51.0 Å². The van der Waals surface area contributed by atoms with E-state index in [-0.39, 0.29) is 6.03 Å². The van der Waals surface area contributed by atoms with E-state index in [1.54, 1.807) is 6.07 Å². The SMILES string of the molecule is O=C(NCCCOC1CCCCC1)Nc1ccc2c(c1)OCCCO2. The molecule has 0 bridgehead atoms. The van der Waals surface area contributed by atoms with E-state index in [0.29, 0.717) is 43.9 Å². The second kappa shape index (κ2) is 9.51. The third kappa shape index (κ3) is 5.81. The summed E-state index contributed by atoms with van der Waals surface area (Å²) in [5.74, 6) is 1.40. The van der Waals surface area contributed by atoms with E-state index in [1.807, 2.05) is 12.1 Å². The van der Waals surface area contributed by atoms with Gasteiger partial charge in [-0.3, -0.25) is 0 Å². The van der Waals surface area contributed by atoms with Crippen LogP contribution in [0, 0.1) is 0 Å². The molecule has 0 radical (unpaired) electrons. The van der Waals surface area contributed by atoms with Crippen LogP contribution in [0.15, 0.2) is 18.2 Å². The molecule has 0 spiro atoms. The lowest BCUT2D eigenvalue weighted by molar-refractivity contribution is 0.0276. The van der Waals surface area contributed by atoms with Crippen molar-refractivity contribution in [2.75, 3.05) is 31.7 Å². The minimum absolute atomic E-state index is 0.216. The second-order valence-electron chi connectivity index (χ2n) is 6.58. The zero-order valence-electron chi connectivity index (χ0n) is 14.7. The Balaban J connectivity index is 1.34. The standard InChI is InChI=1S/C19H28N2O4/c22-19(20-10-4-11-23-16-6-2-1-3-7-16)21-15-8-9-17-18(14-15)25-13-5-12-24-17/h8-9,14,16H,1-7,10-13H2,(H2,20,21,22). The Morgan fingerprint density at radius 3 is 2.72 bits per heavy atom. The van der Waals surface area contributed by atoms with Crippen molar-refractivity contribution in [3.05, 3.63) is 18.2 Å². The van der Waals surface area contributed by atoms with Crippen LogP contribution in [0.25, 0.3) is 0 Å². The third-order valence-corrected chi connectivity index (χ3v) is 4.52. The number of benzene rings is 1. The van der Waals surface area contributed by atoms with Gasteiger partial charge in [-0.2, -0.15) is 0 Å². The first-order chi connectivity index (χ1) is 12.3. The number of anilines is 1. The van der Waals surface area contributed by atoms with E-state index in [0.717, 1.165) is 18.6 Å². The van der Waals surface area contributed by atoms with Crippen molar-refractivity contribution in [3.8, 4) is 11.5 Å². The van der Waals surface area contributed by atoms with Gasteiger partial charge in [0, 0.05) is 31.3 Å². The number of ether oxygens (including phenoxy) is 3. The van der Waals surface area contributed by atoms with Gasteiger partial charge < -0.3 is 24.8 Å². The van der Waals surface area contributed by atoms with Gasteiger partial charge in [0.25, 0.3) is 0 Å². The van der Waals surface area contributed by atoms with Crippen LogP contribution in [0.3, 0.4) is 0 Å². The highest BCUT2D eigenvalue weighted by Gasteiger charge is 2.13. The Morgan fingerprint density at radius 2 is 1.88 bits per heavy atom. The predicted molar refractivity (Wildman–Crippen MR) is 96.5 cm³/mol. The Morgan fingerprint density at radius 1 is 1.08 bits per heavy atom. The molecule has 2 amide bonds. The summed E-state index contributed by atoms with van der Waals surface area (Å²) in [4.78, 5) is 12.0. The van der Waals surface area contributed by atoms with Crippen LogP contribution < -0.4 is 20.1 Å². The minimum atomic E-state index is -0.216. The number of carbonyl (C=O) groups excluding carboxylic acids is 1. The molecule has 1 heterocycles. The minimum Gasteiger partial charge on any atom is -0.490 e. The fourth-order valence-electron chi connectivity index (χ4n) is 3.17. The van der Waals surface area contributed by atoms with Gasteiger partial charge in [-0.05, 0) is 31.4 Å². The fourth-order valence-corrected chi connectivity index (χ4v) is 3.17. The van der Waals surface area contributed by atoms with Crippen molar-refractivity contribution in [3.63, 3.8) is 0 Å². The third-order valence-electron chi connectivity index (χ3n) is 4.52. The molecule has 0 atom stereocenters. The van der Waals surface area contributed by atoms with Crippen molar-refractivity contribution in [2.24, 2.45) is 0 Å². The van der Waals surface area contributed by atoms with E-state index in [2.05, 4.69) is 10.6 Å². The summed E-state index contributed by atoms with van der Waals surface area (Å²) in [7, 11) is 0. The Bertz CT molecular complexity index is 558. The molecule has 0 aromatic heterocycles. The number of carbonyl (C=O) groups is 1. The molecule has 0 saturated heterocycles. The zero-order valence-corrected chi connectivity index (χ0v) is 14.7. The summed E-state index contributed by atoms with van der Waals surface area (Å²) in [6, 6.07) is 5.23. The van der Waals surface area contributed by atoms with Crippen molar-refractivity contribution in [1.82, 2.24) is 5.32 Å². The summed E-state index contributed by atoms with van der Waals surface area (Å²) >= 11 is 0. The summed E-state index contributed by atoms with van der Waals surface area (Å²) < 4.78 is 17.1. The van der Waals surface area contributed by atoms with Gasteiger partial charge in [-0.25, -0.2) is 4.79 Å². The molecular weight excluding hydrogens is 320 g/mol. The van der Waals surface area contributed by atoms with Crippen LogP contribution in [-0.4, -0.2) is 38.5 Å². The Kier molecular flexibility index (Phi) is 6.79. The highest BCUT2D eigenvalue weighted by molar-refractivity contribution is 5.89. The summed E-state index contributed by atoms with van der Waals surface area (Å²) in [6.07, 6.45) is 8.36. The van der Waals surface area contributed by atoms with E-state index in [4.69, 9.17) is 14.2 Å². The normalized spacial score (nSPS) is 17.6. The van der Waals surface area contributed by atoms with Crippen molar-refractivity contribution < 1.29 is 19.0 Å². The monoisotopic (exact) mass is 348 g/mol. The maximum atomic E-state index is 12.0. The van der Waals surface area contributed by atoms with Crippen molar-refractivity contribution >= 4 is 11.7 Å². The maximum absolute atomic E-state index is 12.0. The van der Waals surface area contributed by atoms with Crippen LogP contribution in [0.4, 0.5) is 10.5 Å². The van der Waals surface area contributed by atoms with Crippen LogP contribution in [-0.2, 0) is 4.74 Å². The topological polar surface area (TPSA) is 68.8 Å². The number of hydrogen-bond acceptors (Lipinski definition) is 4. The summed E-state index contributed by atoms with van der Waals surface area (Å²) in [5.41, 5.74) is 0.695. The average Bonchev–Trinajstić information content (AvgIpc) is 2.87. The quantitative estimate of drug-likeness (QED) is 0.769. The lowest BCUT2D eigenvalue weighted by atomic mass is 9.98. The Hall–Kier alpha value is -1.95. The fraction of sp³-hybridized carbons (Fsp3) is 0.632. The number of fused-ring (bicyclic) bond motifs is 1. The first-order valence-electron chi connectivity index (χ1n) is 9.37. The van der Waals surface area contributed by atoms with Crippen LogP contribution in [0.5, 0.6) is 11.5 Å². The number of nitrogens with one attached hydrogen (secondary N) is 2. The smallest absolute Gasteiger partial charge is 0.319 e. The van der Waals surface area contributed by atoms with Gasteiger partial charge >= 0.3 is 6.03 Å². The van der Waals surface area contributed by atoms with E-state index in [9.17, 15) is 4.79 Å². The molecule has 0 unspecified atom stereocenters. The molecule has 1 saturated carbocycles. The van der Waals surface area contributed by atoms with Gasteiger partial charge in [0.2, 0.25) is 0 Å². The zero-order chi connectivity index (χ0) is 17.3. The number of urea groups is 1. The molecule has 1 fully saturated rings. The number of rotatable bonds is 6. The number of amides is 2. The summed E-state index contributed by atoms with van der Waals surface area (Å²) in [5, 5.41) is 5.69. The van der Waals surface area contributed by atoms with Crippen LogP contribution >= 0.6 is 0 Å². The maximum Gasteiger partial charge on any atom is 0.319 e. The number of hydrogen-bond donors (Lipinski definition) is 2. The van der Waals surface area contributed by atoms with Gasteiger partial charge in [0.15, 0.2) is 11.5 Å². The van der Waals surface area contributed by atoms with Gasteiger partial charge in [-0.15, -0.1) is 0 Å². The molecule has 1 aromatic rings. The lowest BCUT2D eigenvalue weighted by Crippen LogP contribution is -2.30. The van der Waals surface area contributed by atoms with E-state index >= 15 is 0 Å². The van der Waals surface area contributed by atoms with Gasteiger partial charge in [0.05, 0.1) is 19.3 Å². The van der Waals surface area contributed by atoms with Crippen LogP contribution in [0.1, 0.15) is 44.9 Å². The predicted octanol–water partition coefficient (Wildman–Crippen LogP) is 3.71. The Labute approximate surface area is 149 Å².